The summed E-state index contributed by atoms with van der Waals surface area (Å²) in [4.78, 5) is 8.46. The van der Waals surface area contributed by atoms with Gasteiger partial charge >= 0.3 is 0 Å². The minimum Gasteiger partial charge on any atom is -0.328 e. The smallest absolute Gasteiger partial charge is 0.125 e. The fourth-order valence-corrected chi connectivity index (χ4v) is 2.18. The summed E-state index contributed by atoms with van der Waals surface area (Å²) in [7, 11) is 0. The molecule has 1 saturated carbocycles. The summed E-state index contributed by atoms with van der Waals surface area (Å²) in [6.45, 7) is 2.76. The summed E-state index contributed by atoms with van der Waals surface area (Å²) in [6.07, 6.45) is 6.47. The van der Waals surface area contributed by atoms with Crippen molar-refractivity contribution in [3.63, 3.8) is 0 Å². The predicted octanol–water partition coefficient (Wildman–Crippen LogP) is 1.14. The predicted molar refractivity (Wildman–Crippen MR) is 63.8 cm³/mol. The van der Waals surface area contributed by atoms with Gasteiger partial charge in [-0.3, -0.25) is 0 Å². The number of nitrogens with two attached hydrogens (primary N) is 1. The highest BCUT2D eigenvalue weighted by Gasteiger charge is 2.17. The van der Waals surface area contributed by atoms with E-state index in [0.717, 1.165) is 30.9 Å². The van der Waals surface area contributed by atoms with Crippen molar-refractivity contribution < 1.29 is 0 Å². The summed E-state index contributed by atoms with van der Waals surface area (Å²) >= 11 is 0. The fraction of sp³-hybridized carbons (Fsp3) is 0.667. The van der Waals surface area contributed by atoms with Crippen LogP contribution in [0.25, 0.3) is 0 Å². The Kier molecular flexibility index (Phi) is 3.85. The average Bonchev–Trinajstić information content (AvgIpc) is 2.28. The van der Waals surface area contributed by atoms with Gasteiger partial charge in [0.1, 0.15) is 5.82 Å². The third-order valence-electron chi connectivity index (χ3n) is 3.18. The molecule has 0 spiro atoms. The molecule has 3 N–H and O–H groups in total. The molecular weight excluding hydrogens is 200 g/mol. The van der Waals surface area contributed by atoms with Crippen LogP contribution < -0.4 is 11.1 Å². The molecule has 4 heteroatoms. The van der Waals surface area contributed by atoms with Crippen molar-refractivity contribution in [1.29, 1.82) is 0 Å². The highest BCUT2D eigenvalue weighted by atomic mass is 15.0. The number of nitrogens with one attached hydrogen (secondary N) is 1. The SMILES string of the molecule is Cc1nccc(CNC2CCC(N)CC2)n1. The average molecular weight is 220 g/mol. The van der Waals surface area contributed by atoms with Gasteiger partial charge in [-0.2, -0.15) is 0 Å². The topological polar surface area (TPSA) is 63.8 Å². The van der Waals surface area contributed by atoms with Crippen LogP contribution in [0.5, 0.6) is 0 Å². The highest BCUT2D eigenvalue weighted by Crippen LogP contribution is 2.17. The minimum absolute atomic E-state index is 0.416. The van der Waals surface area contributed by atoms with Gasteiger partial charge < -0.3 is 11.1 Å². The molecule has 1 aliphatic carbocycles. The van der Waals surface area contributed by atoms with E-state index in [0.29, 0.717) is 12.1 Å². The lowest BCUT2D eigenvalue weighted by Gasteiger charge is -2.26. The van der Waals surface area contributed by atoms with E-state index in [1.54, 1.807) is 0 Å². The van der Waals surface area contributed by atoms with E-state index in [2.05, 4.69) is 15.3 Å². The largest absolute Gasteiger partial charge is 0.328 e. The molecule has 1 fully saturated rings. The summed E-state index contributed by atoms with van der Waals surface area (Å²) in [5.74, 6) is 0.838. The molecule has 2 rings (SSSR count). The highest BCUT2D eigenvalue weighted by molar-refractivity contribution is 5.01. The van der Waals surface area contributed by atoms with E-state index in [-0.39, 0.29) is 0 Å². The van der Waals surface area contributed by atoms with Gasteiger partial charge in [0.15, 0.2) is 0 Å². The van der Waals surface area contributed by atoms with Crippen molar-refractivity contribution in [2.75, 3.05) is 0 Å². The maximum Gasteiger partial charge on any atom is 0.125 e. The number of nitrogens with zero attached hydrogens (tertiary/aromatic N) is 2. The van der Waals surface area contributed by atoms with Crippen LogP contribution in [0.4, 0.5) is 0 Å². The first-order valence-corrected chi connectivity index (χ1v) is 6.01. The number of aromatic nitrogens is 2. The van der Waals surface area contributed by atoms with Crippen molar-refractivity contribution in [3.8, 4) is 0 Å². The van der Waals surface area contributed by atoms with Crippen LogP contribution in [0, 0.1) is 6.92 Å². The van der Waals surface area contributed by atoms with Crippen molar-refractivity contribution in [2.24, 2.45) is 5.73 Å². The van der Waals surface area contributed by atoms with Crippen LogP contribution >= 0.6 is 0 Å². The van der Waals surface area contributed by atoms with Crippen LogP contribution in [0.2, 0.25) is 0 Å². The standard InChI is InChI=1S/C12H20N4/c1-9-14-7-6-12(16-9)8-15-11-4-2-10(13)3-5-11/h6-7,10-11,15H,2-5,8,13H2,1H3. The normalized spacial score (nSPS) is 25.6. The molecular formula is C12H20N4. The second-order valence-corrected chi connectivity index (χ2v) is 4.59. The van der Waals surface area contributed by atoms with Gasteiger partial charge in [-0.15, -0.1) is 0 Å². The molecule has 1 aromatic rings. The van der Waals surface area contributed by atoms with E-state index in [1.807, 2.05) is 19.2 Å². The molecule has 0 saturated heterocycles. The second-order valence-electron chi connectivity index (χ2n) is 4.59. The van der Waals surface area contributed by atoms with Gasteiger partial charge in [-0.05, 0) is 38.7 Å². The van der Waals surface area contributed by atoms with Crippen LogP contribution in [0.3, 0.4) is 0 Å². The Morgan fingerprint density at radius 2 is 2.12 bits per heavy atom. The van der Waals surface area contributed by atoms with Crippen molar-refractivity contribution >= 4 is 0 Å². The molecule has 16 heavy (non-hydrogen) atoms. The maximum atomic E-state index is 5.88. The first kappa shape index (κ1) is 11.5. The van der Waals surface area contributed by atoms with E-state index in [9.17, 15) is 0 Å². The van der Waals surface area contributed by atoms with Crippen molar-refractivity contribution in [2.45, 2.75) is 51.2 Å². The molecule has 1 aliphatic rings. The molecule has 1 aromatic heterocycles. The van der Waals surface area contributed by atoms with E-state index < -0.39 is 0 Å². The molecule has 4 nitrogen and oxygen atoms in total. The zero-order valence-corrected chi connectivity index (χ0v) is 9.82. The number of rotatable bonds is 3. The lowest BCUT2D eigenvalue weighted by molar-refractivity contribution is 0.340. The Morgan fingerprint density at radius 3 is 2.81 bits per heavy atom. The zero-order chi connectivity index (χ0) is 11.4. The van der Waals surface area contributed by atoms with Gasteiger partial charge in [0, 0.05) is 24.8 Å². The first-order valence-electron chi connectivity index (χ1n) is 6.01. The van der Waals surface area contributed by atoms with Gasteiger partial charge in [0.25, 0.3) is 0 Å². The lowest BCUT2D eigenvalue weighted by atomic mass is 9.92. The fourth-order valence-electron chi connectivity index (χ4n) is 2.18. The zero-order valence-electron chi connectivity index (χ0n) is 9.82. The maximum absolute atomic E-state index is 5.88. The van der Waals surface area contributed by atoms with E-state index in [1.165, 1.54) is 12.8 Å². The second kappa shape index (κ2) is 5.37. The quantitative estimate of drug-likeness (QED) is 0.802. The Balaban J connectivity index is 1.79. The number of aryl methyl sites for hydroxylation is 1. The van der Waals surface area contributed by atoms with E-state index >= 15 is 0 Å². The molecule has 0 atom stereocenters. The van der Waals surface area contributed by atoms with Crippen LogP contribution in [-0.4, -0.2) is 22.1 Å². The molecule has 0 aliphatic heterocycles. The molecule has 0 bridgehead atoms. The van der Waals surface area contributed by atoms with Gasteiger partial charge in [-0.1, -0.05) is 0 Å². The third kappa shape index (κ3) is 3.25. The van der Waals surface area contributed by atoms with Crippen LogP contribution in [0.1, 0.15) is 37.2 Å². The molecule has 1 heterocycles. The minimum atomic E-state index is 0.416. The van der Waals surface area contributed by atoms with Gasteiger partial charge in [0.05, 0.1) is 5.69 Å². The van der Waals surface area contributed by atoms with Crippen molar-refractivity contribution in [3.05, 3.63) is 23.8 Å². The number of hydrogen-bond donors (Lipinski definition) is 2. The third-order valence-corrected chi connectivity index (χ3v) is 3.18. The molecule has 0 aromatic carbocycles. The Hall–Kier alpha value is -1.00. The molecule has 0 amide bonds. The first-order chi connectivity index (χ1) is 7.74. The van der Waals surface area contributed by atoms with E-state index in [4.69, 9.17) is 5.73 Å². The molecule has 0 unspecified atom stereocenters. The van der Waals surface area contributed by atoms with Gasteiger partial charge in [0.2, 0.25) is 0 Å². The van der Waals surface area contributed by atoms with Gasteiger partial charge in [-0.25, -0.2) is 9.97 Å². The summed E-state index contributed by atoms with van der Waals surface area (Å²) < 4.78 is 0. The lowest BCUT2D eigenvalue weighted by Crippen LogP contribution is -2.37. The van der Waals surface area contributed by atoms with Crippen LogP contribution in [-0.2, 0) is 6.54 Å². The Morgan fingerprint density at radius 1 is 1.38 bits per heavy atom. The monoisotopic (exact) mass is 220 g/mol. The summed E-state index contributed by atoms with van der Waals surface area (Å²) in [5.41, 5.74) is 6.95. The Labute approximate surface area is 96.7 Å². The van der Waals surface area contributed by atoms with Crippen molar-refractivity contribution in [1.82, 2.24) is 15.3 Å². The Bertz CT molecular complexity index is 332. The molecule has 0 radical (unpaired) electrons. The molecule has 88 valence electrons. The number of hydrogen-bond acceptors (Lipinski definition) is 4. The summed E-state index contributed by atoms with van der Waals surface area (Å²) in [5, 5.41) is 3.54. The summed E-state index contributed by atoms with van der Waals surface area (Å²) in [6, 6.07) is 2.99. The van der Waals surface area contributed by atoms with Crippen LogP contribution in [0.15, 0.2) is 12.3 Å².